The van der Waals surface area contributed by atoms with Crippen molar-refractivity contribution in [3.8, 4) is 5.75 Å². The van der Waals surface area contributed by atoms with Gasteiger partial charge in [0, 0.05) is 24.4 Å². The summed E-state index contributed by atoms with van der Waals surface area (Å²) >= 11 is 1.42. The van der Waals surface area contributed by atoms with Crippen LogP contribution in [0.1, 0.15) is 71.5 Å². The van der Waals surface area contributed by atoms with Crippen molar-refractivity contribution in [2.24, 2.45) is 0 Å². The standard InChI is InChI=1S/C26H31FN2O2S/c1-17-4-6-18(7-5-17)15-29-12-2-3-20(16-29)31-25-14-24(27)23(13-22(25)19-8-9-19)26(30)28-32-21-10-11-21/h4-7,13-14,19-21H,2-3,8-12,15-16H2,1H3,(H,28,30). The van der Waals surface area contributed by atoms with E-state index in [1.165, 1.54) is 29.1 Å². The number of nitrogens with one attached hydrogen (secondary N) is 1. The van der Waals surface area contributed by atoms with E-state index in [0.717, 1.165) is 63.7 Å². The first-order valence-corrected chi connectivity index (χ1v) is 12.7. The highest BCUT2D eigenvalue weighted by Gasteiger charge is 2.31. The highest BCUT2D eigenvalue weighted by Crippen LogP contribution is 2.45. The van der Waals surface area contributed by atoms with Crippen molar-refractivity contribution in [3.63, 3.8) is 0 Å². The molecule has 0 radical (unpaired) electrons. The van der Waals surface area contributed by atoms with Gasteiger partial charge in [0.05, 0.1) is 5.56 Å². The number of likely N-dealkylation sites (tertiary alicyclic amines) is 1. The van der Waals surface area contributed by atoms with Crippen molar-refractivity contribution < 1.29 is 13.9 Å². The first-order valence-electron chi connectivity index (χ1n) is 11.8. The van der Waals surface area contributed by atoms with E-state index in [2.05, 4.69) is 40.8 Å². The normalized spacial score (nSPS) is 21.4. The van der Waals surface area contributed by atoms with Gasteiger partial charge in [-0.2, -0.15) is 0 Å². The Hall–Kier alpha value is -2.05. The third kappa shape index (κ3) is 5.46. The molecule has 1 unspecified atom stereocenters. The van der Waals surface area contributed by atoms with Gasteiger partial charge in [-0.05, 0) is 87.1 Å². The number of aryl methyl sites for hydroxylation is 1. The van der Waals surface area contributed by atoms with Gasteiger partial charge in [0.15, 0.2) is 0 Å². The number of nitrogens with zero attached hydrogens (tertiary/aromatic N) is 1. The van der Waals surface area contributed by atoms with Gasteiger partial charge in [-0.25, -0.2) is 4.39 Å². The summed E-state index contributed by atoms with van der Waals surface area (Å²) < 4.78 is 24.1. The predicted octanol–water partition coefficient (Wildman–Crippen LogP) is 5.60. The van der Waals surface area contributed by atoms with Gasteiger partial charge in [-0.3, -0.25) is 14.4 Å². The van der Waals surface area contributed by atoms with E-state index in [1.807, 2.05) is 0 Å². The monoisotopic (exact) mass is 454 g/mol. The predicted molar refractivity (Wildman–Crippen MR) is 127 cm³/mol. The fraction of sp³-hybridized carbons (Fsp3) is 0.500. The molecule has 1 heterocycles. The quantitative estimate of drug-likeness (QED) is 0.528. The lowest BCUT2D eigenvalue weighted by molar-refractivity contribution is 0.0832. The number of hydrogen-bond acceptors (Lipinski definition) is 4. The summed E-state index contributed by atoms with van der Waals surface area (Å²) in [6.07, 6.45) is 6.46. The molecular weight excluding hydrogens is 423 g/mol. The fourth-order valence-corrected chi connectivity index (χ4v) is 5.08. The molecule has 1 amide bonds. The molecule has 2 aromatic rings. The lowest BCUT2D eigenvalue weighted by atomic mass is 10.0. The van der Waals surface area contributed by atoms with Gasteiger partial charge < -0.3 is 4.74 Å². The Labute approximate surface area is 194 Å². The Balaban J connectivity index is 1.26. The average Bonchev–Trinajstić information content (AvgIpc) is 3.68. The van der Waals surface area contributed by atoms with E-state index in [9.17, 15) is 9.18 Å². The largest absolute Gasteiger partial charge is 0.489 e. The smallest absolute Gasteiger partial charge is 0.264 e. The summed E-state index contributed by atoms with van der Waals surface area (Å²) in [5.74, 6) is 0.166. The molecule has 2 aliphatic carbocycles. The molecule has 2 aromatic carbocycles. The van der Waals surface area contributed by atoms with Crippen LogP contribution in [0.5, 0.6) is 5.75 Å². The molecule has 0 spiro atoms. The van der Waals surface area contributed by atoms with Crippen LogP contribution in [-0.4, -0.2) is 35.3 Å². The molecule has 32 heavy (non-hydrogen) atoms. The van der Waals surface area contributed by atoms with E-state index in [-0.39, 0.29) is 17.6 Å². The summed E-state index contributed by atoms with van der Waals surface area (Å²) in [4.78, 5) is 14.9. The summed E-state index contributed by atoms with van der Waals surface area (Å²) in [7, 11) is 0. The molecule has 170 valence electrons. The molecule has 2 saturated carbocycles. The van der Waals surface area contributed by atoms with E-state index in [0.29, 0.717) is 16.9 Å². The van der Waals surface area contributed by atoms with Crippen LogP contribution in [0, 0.1) is 12.7 Å². The number of ether oxygens (including phenoxy) is 1. The minimum Gasteiger partial charge on any atom is -0.489 e. The maximum atomic E-state index is 14.9. The third-order valence-corrected chi connectivity index (χ3v) is 7.59. The first kappa shape index (κ1) is 21.8. The molecule has 4 nitrogen and oxygen atoms in total. The summed E-state index contributed by atoms with van der Waals surface area (Å²) in [6.45, 7) is 4.89. The van der Waals surface area contributed by atoms with Crippen molar-refractivity contribution in [2.45, 2.75) is 69.3 Å². The molecule has 1 saturated heterocycles. The molecule has 5 rings (SSSR count). The summed E-state index contributed by atoms with van der Waals surface area (Å²) in [6, 6.07) is 11.9. The SMILES string of the molecule is Cc1ccc(CN2CCCC(Oc3cc(F)c(C(=O)NSC4CC4)cc3C3CC3)C2)cc1. The van der Waals surface area contributed by atoms with E-state index < -0.39 is 5.82 Å². The molecule has 0 bridgehead atoms. The Morgan fingerprint density at radius 1 is 1.16 bits per heavy atom. The highest BCUT2D eigenvalue weighted by atomic mass is 32.2. The number of carbonyl (C=O) groups excluding carboxylic acids is 1. The van der Waals surface area contributed by atoms with Crippen LogP contribution in [-0.2, 0) is 6.54 Å². The zero-order valence-corrected chi connectivity index (χ0v) is 19.4. The minimum absolute atomic E-state index is 0.0381. The fourth-order valence-electron chi connectivity index (χ4n) is 4.32. The van der Waals surface area contributed by atoms with Crippen LogP contribution in [0.4, 0.5) is 4.39 Å². The number of rotatable bonds is 8. The van der Waals surface area contributed by atoms with Gasteiger partial charge in [-0.1, -0.05) is 29.8 Å². The van der Waals surface area contributed by atoms with E-state index in [1.54, 1.807) is 6.07 Å². The second-order valence-electron chi connectivity index (χ2n) is 9.50. The number of halogens is 1. The average molecular weight is 455 g/mol. The summed E-state index contributed by atoms with van der Waals surface area (Å²) in [5, 5.41) is 0.488. The number of carbonyl (C=O) groups is 1. The summed E-state index contributed by atoms with van der Waals surface area (Å²) in [5.41, 5.74) is 3.70. The zero-order valence-electron chi connectivity index (χ0n) is 18.6. The molecule has 0 aromatic heterocycles. The molecule has 1 atom stereocenters. The zero-order chi connectivity index (χ0) is 22.1. The first-order chi connectivity index (χ1) is 15.5. The van der Waals surface area contributed by atoms with Gasteiger partial charge in [0.25, 0.3) is 5.91 Å². The van der Waals surface area contributed by atoms with Crippen LogP contribution < -0.4 is 9.46 Å². The maximum Gasteiger partial charge on any atom is 0.264 e. The molecule has 6 heteroatoms. The van der Waals surface area contributed by atoms with Gasteiger partial charge in [0.2, 0.25) is 0 Å². The van der Waals surface area contributed by atoms with Crippen LogP contribution >= 0.6 is 11.9 Å². The van der Waals surface area contributed by atoms with E-state index in [4.69, 9.17) is 4.74 Å². The molecule has 3 fully saturated rings. The highest BCUT2D eigenvalue weighted by molar-refractivity contribution is 7.98. The lowest BCUT2D eigenvalue weighted by Gasteiger charge is -2.33. The number of piperidine rings is 1. The Kier molecular flexibility index (Phi) is 6.42. The van der Waals surface area contributed by atoms with Crippen molar-refractivity contribution in [2.75, 3.05) is 13.1 Å². The maximum absolute atomic E-state index is 14.9. The van der Waals surface area contributed by atoms with Gasteiger partial charge in [0.1, 0.15) is 17.7 Å². The second kappa shape index (κ2) is 9.44. The Morgan fingerprint density at radius 2 is 1.94 bits per heavy atom. The third-order valence-electron chi connectivity index (χ3n) is 6.49. The molecule has 1 aliphatic heterocycles. The second-order valence-corrected chi connectivity index (χ2v) is 10.6. The Bertz CT molecular complexity index is 973. The van der Waals surface area contributed by atoms with Crippen LogP contribution in [0.15, 0.2) is 36.4 Å². The Morgan fingerprint density at radius 3 is 2.66 bits per heavy atom. The van der Waals surface area contributed by atoms with Gasteiger partial charge in [-0.15, -0.1) is 0 Å². The van der Waals surface area contributed by atoms with Crippen LogP contribution in [0.3, 0.4) is 0 Å². The number of amides is 1. The van der Waals surface area contributed by atoms with Crippen molar-refractivity contribution in [1.82, 2.24) is 9.62 Å². The van der Waals surface area contributed by atoms with E-state index >= 15 is 0 Å². The number of hydrogen-bond donors (Lipinski definition) is 1. The van der Waals surface area contributed by atoms with Crippen molar-refractivity contribution >= 4 is 17.9 Å². The van der Waals surface area contributed by atoms with Crippen molar-refractivity contribution in [3.05, 3.63) is 64.5 Å². The van der Waals surface area contributed by atoms with Crippen molar-refractivity contribution in [1.29, 1.82) is 0 Å². The van der Waals surface area contributed by atoms with Crippen LogP contribution in [0.25, 0.3) is 0 Å². The topological polar surface area (TPSA) is 41.6 Å². The van der Waals surface area contributed by atoms with Crippen LogP contribution in [0.2, 0.25) is 0 Å². The minimum atomic E-state index is -0.495. The molecule has 3 aliphatic rings. The number of benzene rings is 2. The van der Waals surface area contributed by atoms with Gasteiger partial charge >= 0.3 is 0 Å². The molecule has 1 N–H and O–H groups in total. The lowest BCUT2D eigenvalue weighted by Crippen LogP contribution is -2.40. The molecular formula is C26H31FN2O2S.